The van der Waals surface area contributed by atoms with E-state index in [2.05, 4.69) is 35.7 Å². The number of carbonyl (C=O) groups is 1. The van der Waals surface area contributed by atoms with Gasteiger partial charge in [0, 0.05) is 32.2 Å². The molecule has 4 nitrogen and oxygen atoms in total. The summed E-state index contributed by atoms with van der Waals surface area (Å²) in [5.74, 6) is 0.0892. The van der Waals surface area contributed by atoms with Gasteiger partial charge >= 0.3 is 0 Å². The van der Waals surface area contributed by atoms with E-state index in [1.165, 1.54) is 0 Å². The van der Waals surface area contributed by atoms with Crippen LogP contribution in [-0.2, 0) is 4.79 Å². The second-order valence-electron chi connectivity index (χ2n) is 4.17. The molecule has 1 fully saturated rings. The molecular formula is C11H21N3O. The number of rotatable bonds is 4. The minimum absolute atomic E-state index is 0.0892. The van der Waals surface area contributed by atoms with Gasteiger partial charge in [0.05, 0.1) is 6.54 Å². The van der Waals surface area contributed by atoms with Crippen molar-refractivity contribution in [2.75, 3.05) is 39.8 Å². The highest BCUT2D eigenvalue weighted by Crippen LogP contribution is 2.06. The summed E-state index contributed by atoms with van der Waals surface area (Å²) in [7, 11) is 2.12. The molecule has 0 aliphatic carbocycles. The molecule has 1 heterocycles. The van der Waals surface area contributed by atoms with Crippen LogP contribution in [0.3, 0.4) is 0 Å². The van der Waals surface area contributed by atoms with Crippen molar-refractivity contribution in [3.05, 3.63) is 12.7 Å². The highest BCUT2D eigenvalue weighted by atomic mass is 16.2. The Balaban J connectivity index is 2.31. The number of likely N-dealkylation sites (N-methyl/N-ethyl adjacent to an activating group) is 1. The molecule has 1 unspecified atom stereocenters. The van der Waals surface area contributed by atoms with Gasteiger partial charge in [-0.05, 0) is 14.0 Å². The molecule has 0 spiro atoms. The Morgan fingerprint density at radius 2 is 2.33 bits per heavy atom. The van der Waals surface area contributed by atoms with Crippen LogP contribution in [0.4, 0.5) is 0 Å². The topological polar surface area (TPSA) is 35.6 Å². The van der Waals surface area contributed by atoms with Crippen LogP contribution in [-0.4, -0.2) is 61.5 Å². The fourth-order valence-corrected chi connectivity index (χ4v) is 1.84. The summed E-state index contributed by atoms with van der Waals surface area (Å²) in [5.41, 5.74) is 0. The van der Waals surface area contributed by atoms with Gasteiger partial charge in [-0.15, -0.1) is 6.58 Å². The summed E-state index contributed by atoms with van der Waals surface area (Å²) >= 11 is 0. The van der Waals surface area contributed by atoms with E-state index in [1.54, 1.807) is 6.08 Å². The van der Waals surface area contributed by atoms with E-state index in [-0.39, 0.29) is 5.91 Å². The van der Waals surface area contributed by atoms with Gasteiger partial charge in [0.25, 0.3) is 0 Å². The van der Waals surface area contributed by atoms with E-state index >= 15 is 0 Å². The standard InChI is InChI=1S/C11H21N3O/c1-4-5-12-11(15)9-14-7-6-13(3)8-10(14)2/h4,10H,1,5-9H2,2-3H3,(H,12,15). The summed E-state index contributed by atoms with van der Waals surface area (Å²) in [6.45, 7) is 9.84. The molecule has 0 aromatic heterocycles. The van der Waals surface area contributed by atoms with Crippen molar-refractivity contribution >= 4 is 5.91 Å². The predicted molar refractivity (Wildman–Crippen MR) is 61.7 cm³/mol. The SMILES string of the molecule is C=CCNC(=O)CN1CCN(C)CC1C. The summed E-state index contributed by atoms with van der Waals surface area (Å²) in [4.78, 5) is 16.0. The minimum atomic E-state index is 0.0892. The Bertz CT molecular complexity index is 230. The molecule has 1 rings (SSSR count). The third-order valence-corrected chi connectivity index (χ3v) is 2.76. The quantitative estimate of drug-likeness (QED) is 0.661. The second kappa shape index (κ2) is 5.88. The van der Waals surface area contributed by atoms with Crippen molar-refractivity contribution in [1.82, 2.24) is 15.1 Å². The van der Waals surface area contributed by atoms with Crippen LogP contribution in [0.1, 0.15) is 6.92 Å². The lowest BCUT2D eigenvalue weighted by atomic mass is 10.2. The zero-order valence-electron chi connectivity index (χ0n) is 9.70. The lowest BCUT2D eigenvalue weighted by molar-refractivity contribution is -0.123. The van der Waals surface area contributed by atoms with Crippen LogP contribution in [0.5, 0.6) is 0 Å². The molecule has 0 radical (unpaired) electrons. The Hall–Kier alpha value is -0.870. The molecule has 1 atom stereocenters. The maximum atomic E-state index is 11.5. The van der Waals surface area contributed by atoms with Gasteiger partial charge < -0.3 is 10.2 Å². The predicted octanol–water partition coefficient (Wildman–Crippen LogP) is -0.0755. The van der Waals surface area contributed by atoms with E-state index in [0.717, 1.165) is 19.6 Å². The fourth-order valence-electron chi connectivity index (χ4n) is 1.84. The van der Waals surface area contributed by atoms with E-state index < -0.39 is 0 Å². The van der Waals surface area contributed by atoms with Crippen LogP contribution in [0.15, 0.2) is 12.7 Å². The van der Waals surface area contributed by atoms with Crippen LogP contribution >= 0.6 is 0 Å². The highest BCUT2D eigenvalue weighted by molar-refractivity contribution is 5.78. The maximum Gasteiger partial charge on any atom is 0.234 e. The molecule has 0 aromatic rings. The number of hydrogen-bond donors (Lipinski definition) is 1. The maximum absolute atomic E-state index is 11.5. The van der Waals surface area contributed by atoms with Crippen LogP contribution in [0.25, 0.3) is 0 Å². The first-order valence-electron chi connectivity index (χ1n) is 5.43. The molecule has 1 N–H and O–H groups in total. The number of carbonyl (C=O) groups excluding carboxylic acids is 1. The second-order valence-corrected chi connectivity index (χ2v) is 4.17. The van der Waals surface area contributed by atoms with Crippen molar-refractivity contribution in [2.24, 2.45) is 0 Å². The van der Waals surface area contributed by atoms with Gasteiger partial charge in [-0.1, -0.05) is 6.08 Å². The largest absolute Gasteiger partial charge is 0.352 e. The molecule has 4 heteroatoms. The summed E-state index contributed by atoms with van der Waals surface area (Å²) < 4.78 is 0. The van der Waals surface area contributed by atoms with Gasteiger partial charge in [0.2, 0.25) is 5.91 Å². The van der Waals surface area contributed by atoms with Crippen LogP contribution < -0.4 is 5.32 Å². The van der Waals surface area contributed by atoms with Crippen molar-refractivity contribution in [2.45, 2.75) is 13.0 Å². The van der Waals surface area contributed by atoms with Crippen LogP contribution in [0.2, 0.25) is 0 Å². The molecule has 1 saturated heterocycles. The number of hydrogen-bond acceptors (Lipinski definition) is 3. The van der Waals surface area contributed by atoms with Crippen molar-refractivity contribution < 1.29 is 4.79 Å². The first-order valence-corrected chi connectivity index (χ1v) is 5.43. The van der Waals surface area contributed by atoms with E-state index in [0.29, 0.717) is 19.1 Å². The molecule has 1 aliphatic heterocycles. The van der Waals surface area contributed by atoms with E-state index in [9.17, 15) is 4.79 Å². The van der Waals surface area contributed by atoms with Gasteiger partial charge in [-0.3, -0.25) is 9.69 Å². The summed E-state index contributed by atoms with van der Waals surface area (Å²) in [6.07, 6.45) is 1.70. The van der Waals surface area contributed by atoms with Crippen molar-refractivity contribution in [3.8, 4) is 0 Å². The molecule has 0 bridgehead atoms. The molecular weight excluding hydrogens is 190 g/mol. The zero-order chi connectivity index (χ0) is 11.3. The zero-order valence-corrected chi connectivity index (χ0v) is 9.70. The third kappa shape index (κ3) is 4.01. The Kier molecular flexibility index (Phi) is 4.78. The average Bonchev–Trinajstić information content (AvgIpc) is 2.19. The smallest absolute Gasteiger partial charge is 0.234 e. The number of nitrogens with one attached hydrogen (secondary N) is 1. The molecule has 1 aliphatic rings. The normalized spacial score (nSPS) is 23.7. The van der Waals surface area contributed by atoms with Gasteiger partial charge in [-0.2, -0.15) is 0 Å². The number of amides is 1. The summed E-state index contributed by atoms with van der Waals surface area (Å²) in [5, 5.41) is 2.80. The summed E-state index contributed by atoms with van der Waals surface area (Å²) in [6, 6.07) is 0.457. The molecule has 15 heavy (non-hydrogen) atoms. The molecule has 1 amide bonds. The first kappa shape index (κ1) is 12.2. The van der Waals surface area contributed by atoms with Crippen molar-refractivity contribution in [3.63, 3.8) is 0 Å². The fraction of sp³-hybridized carbons (Fsp3) is 0.727. The van der Waals surface area contributed by atoms with E-state index in [1.807, 2.05) is 0 Å². The van der Waals surface area contributed by atoms with Crippen molar-refractivity contribution in [1.29, 1.82) is 0 Å². The lowest BCUT2D eigenvalue weighted by Gasteiger charge is -2.37. The Morgan fingerprint density at radius 1 is 1.60 bits per heavy atom. The molecule has 0 aromatic carbocycles. The van der Waals surface area contributed by atoms with Gasteiger partial charge in [0.15, 0.2) is 0 Å². The average molecular weight is 211 g/mol. The lowest BCUT2D eigenvalue weighted by Crippen LogP contribution is -2.53. The van der Waals surface area contributed by atoms with Gasteiger partial charge in [0.1, 0.15) is 0 Å². The molecule has 86 valence electrons. The third-order valence-electron chi connectivity index (χ3n) is 2.76. The first-order chi connectivity index (χ1) is 7.13. The minimum Gasteiger partial charge on any atom is -0.352 e. The molecule has 0 saturated carbocycles. The van der Waals surface area contributed by atoms with Gasteiger partial charge in [-0.25, -0.2) is 0 Å². The Morgan fingerprint density at radius 3 is 2.93 bits per heavy atom. The monoisotopic (exact) mass is 211 g/mol. The number of piperazine rings is 1. The van der Waals surface area contributed by atoms with Crippen LogP contribution in [0, 0.1) is 0 Å². The Labute approximate surface area is 91.9 Å². The van der Waals surface area contributed by atoms with E-state index in [4.69, 9.17) is 0 Å². The highest BCUT2D eigenvalue weighted by Gasteiger charge is 2.22. The number of nitrogens with zero attached hydrogens (tertiary/aromatic N) is 2.